The van der Waals surface area contributed by atoms with Crippen LogP contribution in [0.15, 0.2) is 47.6 Å². The summed E-state index contributed by atoms with van der Waals surface area (Å²) in [6.07, 6.45) is 4.64. The normalized spacial score (nSPS) is 15.3. The summed E-state index contributed by atoms with van der Waals surface area (Å²) in [4.78, 5) is 21.1. The van der Waals surface area contributed by atoms with Gasteiger partial charge in [0.15, 0.2) is 5.65 Å². The summed E-state index contributed by atoms with van der Waals surface area (Å²) in [7, 11) is -2.48. The fourth-order valence-electron chi connectivity index (χ4n) is 3.41. The summed E-state index contributed by atoms with van der Waals surface area (Å²) in [5, 5.41) is 0.638. The van der Waals surface area contributed by atoms with Gasteiger partial charge in [-0.25, -0.2) is 22.4 Å². The molecule has 4 rings (SSSR count). The van der Waals surface area contributed by atoms with Crippen LogP contribution in [0.3, 0.4) is 0 Å². The molecule has 1 radical (unpaired) electrons. The monoisotopic (exact) mass is 427 g/mol. The van der Waals surface area contributed by atoms with Crippen LogP contribution in [0, 0.1) is 6.92 Å². The lowest BCUT2D eigenvalue weighted by Gasteiger charge is -2.25. The van der Waals surface area contributed by atoms with E-state index in [0.29, 0.717) is 30.6 Å². The molecule has 147 valence electrons. The predicted octanol–water partition coefficient (Wildman–Crippen LogP) is 2.53. The van der Waals surface area contributed by atoms with E-state index in [4.69, 9.17) is 11.6 Å². The van der Waals surface area contributed by atoms with E-state index < -0.39 is 10.0 Å². The van der Waals surface area contributed by atoms with Gasteiger partial charge in [0.2, 0.25) is 0 Å². The summed E-state index contributed by atoms with van der Waals surface area (Å²) in [5.74, 6) is 0. The Bertz CT molecular complexity index is 1220. The Hall–Kier alpha value is -2.49. The van der Waals surface area contributed by atoms with E-state index in [1.807, 2.05) is 17.8 Å². The average molecular weight is 428 g/mol. The molecule has 0 saturated carbocycles. The lowest BCUT2D eigenvalue weighted by Crippen LogP contribution is -2.34. The number of halogens is 1. The first-order valence-electron chi connectivity index (χ1n) is 8.98. The molecule has 29 heavy (non-hydrogen) atoms. The maximum absolute atomic E-state index is 13.6. The number of carbonyl (C=O) groups excluding carboxylic acids is 1. The molecular weight excluding hydrogens is 411 g/mol. The van der Waals surface area contributed by atoms with Crippen molar-refractivity contribution in [2.24, 2.45) is 0 Å². The van der Waals surface area contributed by atoms with E-state index in [1.165, 1.54) is 17.7 Å². The highest BCUT2D eigenvalue weighted by atomic mass is 35.5. The Balaban J connectivity index is 1.94. The van der Waals surface area contributed by atoms with E-state index in [-0.39, 0.29) is 15.7 Å². The van der Waals surface area contributed by atoms with Crippen molar-refractivity contribution in [3.63, 3.8) is 0 Å². The number of benzene rings is 1. The third-order valence-electron chi connectivity index (χ3n) is 4.85. The van der Waals surface area contributed by atoms with Crippen LogP contribution in [0.25, 0.3) is 16.6 Å². The molecule has 0 aliphatic carbocycles. The maximum atomic E-state index is 13.6. The number of nitrogens with zero attached hydrogens (tertiary/aromatic N) is 4. The van der Waals surface area contributed by atoms with Crippen molar-refractivity contribution in [3.05, 3.63) is 59.1 Å². The lowest BCUT2D eigenvalue weighted by atomic mass is 9.90. The fraction of sp³-hybridized carbons (Fsp3) is 0.211. The highest BCUT2D eigenvalue weighted by molar-refractivity contribution is 7.90. The van der Waals surface area contributed by atoms with Crippen molar-refractivity contribution in [2.45, 2.75) is 18.2 Å². The SMILES string of the molecule is Cc1ccc(S(=O)(=O)n2c(C3=CCCN([B]C=O)C3)cc3c(Cl)ncnc32)cc1. The van der Waals surface area contributed by atoms with E-state index in [2.05, 4.69) is 9.97 Å². The van der Waals surface area contributed by atoms with Crippen LogP contribution in [0.1, 0.15) is 17.7 Å². The van der Waals surface area contributed by atoms with Gasteiger partial charge in [0.05, 0.1) is 22.2 Å². The fourth-order valence-corrected chi connectivity index (χ4v) is 5.08. The van der Waals surface area contributed by atoms with Gasteiger partial charge in [0, 0.05) is 6.54 Å². The quantitative estimate of drug-likeness (QED) is 0.353. The van der Waals surface area contributed by atoms with Crippen LogP contribution in [0.5, 0.6) is 0 Å². The van der Waals surface area contributed by atoms with Crippen LogP contribution in [0.4, 0.5) is 0 Å². The highest BCUT2D eigenvalue weighted by Gasteiger charge is 2.28. The van der Waals surface area contributed by atoms with Crippen LogP contribution < -0.4 is 0 Å². The van der Waals surface area contributed by atoms with Crippen LogP contribution in [-0.2, 0) is 14.8 Å². The molecule has 1 aliphatic heterocycles. The van der Waals surface area contributed by atoms with Crippen molar-refractivity contribution in [3.8, 4) is 0 Å². The third-order valence-corrected chi connectivity index (χ3v) is 6.87. The number of hydrogen-bond acceptors (Lipinski definition) is 6. The van der Waals surface area contributed by atoms with Gasteiger partial charge >= 0.3 is 0 Å². The molecular formula is C19H17BClN4O3S. The number of hydrogen-bond donors (Lipinski definition) is 0. The lowest BCUT2D eigenvalue weighted by molar-refractivity contribution is 0.489. The number of carbonyl (C=O) groups is 1. The minimum absolute atomic E-state index is 0.157. The third kappa shape index (κ3) is 3.61. The van der Waals surface area contributed by atoms with Crippen LogP contribution >= 0.6 is 11.6 Å². The molecule has 0 bridgehead atoms. The Kier molecular flexibility index (Phi) is 5.29. The zero-order chi connectivity index (χ0) is 20.6. The second kappa shape index (κ2) is 7.74. The smallest absolute Gasteiger partial charge is 0.293 e. The minimum atomic E-state index is -3.94. The topological polar surface area (TPSA) is 85.2 Å². The highest BCUT2D eigenvalue weighted by Crippen LogP contribution is 2.32. The van der Waals surface area contributed by atoms with Gasteiger partial charge in [-0.3, -0.25) is 0 Å². The van der Waals surface area contributed by atoms with Gasteiger partial charge in [-0.15, -0.1) is 0 Å². The van der Waals surface area contributed by atoms with Gasteiger partial charge in [0.1, 0.15) is 11.5 Å². The molecule has 7 nitrogen and oxygen atoms in total. The van der Waals surface area contributed by atoms with Crippen molar-refractivity contribution >= 4 is 51.8 Å². The van der Waals surface area contributed by atoms with Gasteiger partial charge in [0.25, 0.3) is 17.4 Å². The van der Waals surface area contributed by atoms with E-state index in [9.17, 15) is 13.2 Å². The summed E-state index contributed by atoms with van der Waals surface area (Å²) < 4.78 is 28.3. The number of aryl methyl sites for hydroxylation is 1. The molecule has 0 spiro atoms. The number of aromatic nitrogens is 3. The molecule has 0 saturated heterocycles. The Labute approximate surface area is 174 Å². The van der Waals surface area contributed by atoms with E-state index >= 15 is 0 Å². The van der Waals surface area contributed by atoms with Crippen molar-refractivity contribution in [1.82, 2.24) is 18.8 Å². The van der Waals surface area contributed by atoms with Gasteiger partial charge < -0.3 is 9.61 Å². The Morgan fingerprint density at radius 3 is 2.69 bits per heavy atom. The van der Waals surface area contributed by atoms with Gasteiger partial charge in [-0.05, 0) is 43.7 Å². The molecule has 1 aromatic carbocycles. The molecule has 1 aliphatic rings. The van der Waals surface area contributed by atoms with Gasteiger partial charge in [-0.2, -0.15) is 0 Å². The maximum Gasteiger partial charge on any atom is 0.293 e. The Morgan fingerprint density at radius 1 is 1.21 bits per heavy atom. The number of fused-ring (bicyclic) bond motifs is 1. The van der Waals surface area contributed by atoms with Crippen molar-refractivity contribution in [2.75, 3.05) is 13.1 Å². The van der Waals surface area contributed by atoms with Gasteiger partial charge in [-0.1, -0.05) is 35.4 Å². The summed E-state index contributed by atoms with van der Waals surface area (Å²) >= 11 is 6.23. The van der Waals surface area contributed by atoms with Crippen molar-refractivity contribution < 1.29 is 13.2 Å². The summed E-state index contributed by atoms with van der Waals surface area (Å²) in [6, 6.07) is 8.34. The van der Waals surface area contributed by atoms with E-state index in [0.717, 1.165) is 17.3 Å². The van der Waals surface area contributed by atoms with Crippen molar-refractivity contribution in [1.29, 1.82) is 0 Å². The second-order valence-electron chi connectivity index (χ2n) is 6.79. The molecule has 0 atom stereocenters. The average Bonchev–Trinajstić information content (AvgIpc) is 3.11. The molecule has 0 fully saturated rings. The molecule has 0 N–H and O–H groups in total. The van der Waals surface area contributed by atoms with E-state index in [1.54, 1.807) is 30.3 Å². The molecule has 3 heterocycles. The molecule has 3 aromatic rings. The predicted molar refractivity (Wildman–Crippen MR) is 113 cm³/mol. The first kappa shape index (κ1) is 19.8. The molecule has 0 unspecified atom stereocenters. The van der Waals surface area contributed by atoms with Crippen LogP contribution in [0.2, 0.25) is 5.15 Å². The molecule has 10 heteroatoms. The standard InChI is InChI=1S/C19H17BClN4O3S/c1-13-4-6-15(7-5-13)29(27,28)25-17(9-16-18(21)22-12-23-19(16)25)14-3-2-8-24(10-14)20-11-26/h3-7,9,11-12H,2,8,10H2,1H3. The Morgan fingerprint density at radius 2 is 1.97 bits per heavy atom. The van der Waals surface area contributed by atoms with Crippen LogP contribution in [-0.4, -0.2) is 53.9 Å². The first-order chi connectivity index (χ1) is 13.9. The summed E-state index contributed by atoms with van der Waals surface area (Å²) in [5.41, 5.74) is 2.42. The number of rotatable bonds is 5. The zero-order valence-electron chi connectivity index (χ0n) is 15.6. The molecule has 0 amide bonds. The zero-order valence-corrected chi connectivity index (χ0v) is 17.2. The minimum Gasteiger partial charge on any atom is -0.336 e. The largest absolute Gasteiger partial charge is 0.336 e. The summed E-state index contributed by atoms with van der Waals surface area (Å²) in [6.45, 7) is 2.99. The first-order valence-corrected chi connectivity index (χ1v) is 10.8. The second-order valence-corrected chi connectivity index (χ2v) is 8.93. The molecule has 2 aromatic heterocycles.